The molecule has 1 heterocycles. The topological polar surface area (TPSA) is 64.9 Å². The minimum Gasteiger partial charge on any atom is -0.343 e. The summed E-state index contributed by atoms with van der Waals surface area (Å²) in [6, 6.07) is 1.90. The lowest BCUT2D eigenvalue weighted by atomic mass is 9.87. The number of carbonyl (C=O) groups is 1. The molecule has 0 bridgehead atoms. The van der Waals surface area contributed by atoms with Gasteiger partial charge in [0.05, 0.1) is 6.07 Å². The summed E-state index contributed by atoms with van der Waals surface area (Å²) in [5.74, 6) is 0.470. The molecule has 0 radical (unpaired) electrons. The monoisotopic (exact) mass is 181 g/mol. The molecule has 1 aliphatic heterocycles. The normalized spacial score (nSPS) is 27.7. The number of hydrogen-bond acceptors (Lipinski definition) is 3. The van der Waals surface area contributed by atoms with E-state index in [9.17, 15) is 4.79 Å². The molecule has 0 aromatic rings. The zero-order valence-corrected chi connectivity index (χ0v) is 7.84. The largest absolute Gasteiger partial charge is 0.343 e. The van der Waals surface area contributed by atoms with Crippen LogP contribution in [0.2, 0.25) is 0 Å². The number of hydrogen-bond donors (Lipinski definition) is 2. The molecule has 2 unspecified atom stereocenters. The summed E-state index contributed by atoms with van der Waals surface area (Å²) in [7, 11) is 0. The van der Waals surface area contributed by atoms with Gasteiger partial charge in [-0.2, -0.15) is 5.26 Å². The van der Waals surface area contributed by atoms with E-state index in [1.54, 1.807) is 0 Å². The van der Waals surface area contributed by atoms with E-state index in [2.05, 4.69) is 17.6 Å². The Morgan fingerprint density at radius 1 is 1.77 bits per heavy atom. The van der Waals surface area contributed by atoms with Gasteiger partial charge in [0.1, 0.15) is 6.54 Å². The third-order valence-electron chi connectivity index (χ3n) is 2.46. The molecule has 0 saturated carbocycles. The van der Waals surface area contributed by atoms with Crippen molar-refractivity contribution in [3.05, 3.63) is 0 Å². The standard InChI is InChI=1S/C9H15N3O/c1-7-6-11-4-2-8(7)9(13)12-5-3-10/h7-8,11H,2,4-6H2,1H3,(H,12,13). The van der Waals surface area contributed by atoms with Crippen molar-refractivity contribution in [1.29, 1.82) is 5.26 Å². The van der Waals surface area contributed by atoms with Crippen LogP contribution in [0.25, 0.3) is 0 Å². The Morgan fingerprint density at radius 2 is 2.54 bits per heavy atom. The lowest BCUT2D eigenvalue weighted by Gasteiger charge is -2.27. The fourth-order valence-electron chi connectivity index (χ4n) is 1.66. The minimum atomic E-state index is 0.0237. The van der Waals surface area contributed by atoms with Crippen LogP contribution in [-0.4, -0.2) is 25.5 Å². The summed E-state index contributed by atoms with van der Waals surface area (Å²) in [6.07, 6.45) is 0.873. The highest BCUT2D eigenvalue weighted by molar-refractivity contribution is 5.79. The molecule has 1 amide bonds. The van der Waals surface area contributed by atoms with Gasteiger partial charge in [0.15, 0.2) is 0 Å². The molecule has 0 aromatic heterocycles. The molecule has 4 heteroatoms. The quantitative estimate of drug-likeness (QED) is 0.583. The number of piperidine rings is 1. The van der Waals surface area contributed by atoms with Crippen LogP contribution in [0.1, 0.15) is 13.3 Å². The van der Waals surface area contributed by atoms with Crippen LogP contribution >= 0.6 is 0 Å². The van der Waals surface area contributed by atoms with Crippen molar-refractivity contribution in [2.75, 3.05) is 19.6 Å². The zero-order valence-electron chi connectivity index (χ0n) is 7.84. The molecular formula is C9H15N3O. The number of nitrogens with zero attached hydrogens (tertiary/aromatic N) is 1. The van der Waals surface area contributed by atoms with Crippen LogP contribution in [0, 0.1) is 23.2 Å². The molecule has 2 N–H and O–H groups in total. The Balaban J connectivity index is 2.40. The smallest absolute Gasteiger partial charge is 0.224 e. The summed E-state index contributed by atoms with van der Waals surface area (Å²) in [5, 5.41) is 14.1. The van der Waals surface area contributed by atoms with Gasteiger partial charge in [-0.15, -0.1) is 0 Å². The van der Waals surface area contributed by atoms with Gasteiger partial charge >= 0.3 is 0 Å². The number of amides is 1. The van der Waals surface area contributed by atoms with Gasteiger partial charge in [0.25, 0.3) is 0 Å². The van der Waals surface area contributed by atoms with Crippen LogP contribution in [-0.2, 0) is 4.79 Å². The van der Waals surface area contributed by atoms with E-state index in [0.29, 0.717) is 5.92 Å². The first-order valence-electron chi connectivity index (χ1n) is 4.61. The van der Waals surface area contributed by atoms with Gasteiger partial charge in [-0.3, -0.25) is 4.79 Å². The number of nitrogens with one attached hydrogen (secondary N) is 2. The van der Waals surface area contributed by atoms with Crippen molar-refractivity contribution in [3.8, 4) is 6.07 Å². The lowest BCUT2D eigenvalue weighted by molar-refractivity contribution is -0.126. The van der Waals surface area contributed by atoms with Gasteiger partial charge in [-0.1, -0.05) is 6.92 Å². The predicted octanol–water partition coefficient (Wildman–Crippen LogP) is -0.128. The van der Waals surface area contributed by atoms with E-state index < -0.39 is 0 Å². The van der Waals surface area contributed by atoms with Crippen molar-refractivity contribution in [2.24, 2.45) is 11.8 Å². The minimum absolute atomic E-state index is 0.0237. The van der Waals surface area contributed by atoms with E-state index >= 15 is 0 Å². The molecule has 0 aromatic carbocycles. The molecule has 72 valence electrons. The van der Waals surface area contributed by atoms with Crippen molar-refractivity contribution < 1.29 is 4.79 Å². The second-order valence-corrected chi connectivity index (χ2v) is 3.45. The highest BCUT2D eigenvalue weighted by Crippen LogP contribution is 2.18. The van der Waals surface area contributed by atoms with E-state index in [0.717, 1.165) is 19.5 Å². The fraction of sp³-hybridized carbons (Fsp3) is 0.778. The zero-order chi connectivity index (χ0) is 9.68. The Morgan fingerprint density at radius 3 is 3.15 bits per heavy atom. The van der Waals surface area contributed by atoms with E-state index in [4.69, 9.17) is 5.26 Å². The van der Waals surface area contributed by atoms with Gasteiger partial charge in [-0.25, -0.2) is 0 Å². The highest BCUT2D eigenvalue weighted by Gasteiger charge is 2.26. The van der Waals surface area contributed by atoms with Crippen molar-refractivity contribution >= 4 is 5.91 Å². The Bertz CT molecular complexity index is 221. The molecular weight excluding hydrogens is 166 g/mol. The van der Waals surface area contributed by atoms with Crippen molar-refractivity contribution in [1.82, 2.24) is 10.6 Å². The third kappa shape index (κ3) is 2.71. The second kappa shape index (κ2) is 4.83. The number of rotatable bonds is 2. The number of carbonyl (C=O) groups excluding carboxylic acids is 1. The maximum Gasteiger partial charge on any atom is 0.224 e. The first-order valence-corrected chi connectivity index (χ1v) is 4.61. The highest BCUT2D eigenvalue weighted by atomic mass is 16.1. The van der Waals surface area contributed by atoms with E-state index in [-0.39, 0.29) is 18.4 Å². The Kier molecular flexibility index (Phi) is 3.71. The third-order valence-corrected chi connectivity index (χ3v) is 2.46. The van der Waals surface area contributed by atoms with Crippen LogP contribution in [0.3, 0.4) is 0 Å². The summed E-state index contributed by atoms with van der Waals surface area (Å²) in [6.45, 7) is 3.97. The molecule has 4 nitrogen and oxygen atoms in total. The second-order valence-electron chi connectivity index (χ2n) is 3.45. The molecule has 1 rings (SSSR count). The van der Waals surface area contributed by atoms with Gasteiger partial charge in [0.2, 0.25) is 5.91 Å². The molecule has 1 fully saturated rings. The predicted molar refractivity (Wildman–Crippen MR) is 48.8 cm³/mol. The van der Waals surface area contributed by atoms with Crippen LogP contribution in [0.4, 0.5) is 0 Å². The fourth-order valence-corrected chi connectivity index (χ4v) is 1.66. The molecule has 0 aliphatic carbocycles. The first kappa shape index (κ1) is 10.0. The van der Waals surface area contributed by atoms with E-state index in [1.807, 2.05) is 6.07 Å². The van der Waals surface area contributed by atoms with Crippen molar-refractivity contribution in [2.45, 2.75) is 13.3 Å². The van der Waals surface area contributed by atoms with Crippen LogP contribution in [0.15, 0.2) is 0 Å². The molecule has 2 atom stereocenters. The summed E-state index contributed by atoms with van der Waals surface area (Å²) < 4.78 is 0. The molecule has 0 spiro atoms. The maximum absolute atomic E-state index is 11.5. The van der Waals surface area contributed by atoms with E-state index in [1.165, 1.54) is 0 Å². The lowest BCUT2D eigenvalue weighted by Crippen LogP contribution is -2.43. The van der Waals surface area contributed by atoms with Crippen molar-refractivity contribution in [3.63, 3.8) is 0 Å². The molecule has 13 heavy (non-hydrogen) atoms. The number of nitriles is 1. The SMILES string of the molecule is CC1CNCCC1C(=O)NCC#N. The molecule has 1 aliphatic rings. The summed E-state index contributed by atoms with van der Waals surface area (Å²) >= 11 is 0. The van der Waals surface area contributed by atoms with Gasteiger partial charge < -0.3 is 10.6 Å². The van der Waals surface area contributed by atoms with Gasteiger partial charge in [-0.05, 0) is 25.4 Å². The van der Waals surface area contributed by atoms with Gasteiger partial charge in [0, 0.05) is 5.92 Å². The Hall–Kier alpha value is -1.08. The first-order chi connectivity index (χ1) is 6.25. The Labute approximate surface area is 78.3 Å². The van der Waals surface area contributed by atoms with Crippen LogP contribution in [0.5, 0.6) is 0 Å². The maximum atomic E-state index is 11.5. The molecule has 1 saturated heterocycles. The summed E-state index contributed by atoms with van der Waals surface area (Å²) in [5.41, 5.74) is 0. The summed E-state index contributed by atoms with van der Waals surface area (Å²) in [4.78, 5) is 11.5. The van der Waals surface area contributed by atoms with Crippen LogP contribution < -0.4 is 10.6 Å². The average Bonchev–Trinajstić information content (AvgIpc) is 2.15. The average molecular weight is 181 g/mol.